The number of methoxy groups -OCH3 is 1. The van der Waals surface area contributed by atoms with E-state index in [1.807, 2.05) is 0 Å². The van der Waals surface area contributed by atoms with Crippen LogP contribution in [0.25, 0.3) is 0 Å². The Hall–Kier alpha value is -1.09. The lowest BCUT2D eigenvalue weighted by Crippen LogP contribution is -2.14. The molecule has 0 amide bonds. The van der Waals surface area contributed by atoms with Gasteiger partial charge in [-0.3, -0.25) is 0 Å². The monoisotopic (exact) mass is 211 g/mol. The number of halogens is 1. The molecule has 0 radical (unpaired) electrons. The quantitative estimate of drug-likeness (QED) is 0.730. The van der Waals surface area contributed by atoms with Crippen LogP contribution >= 0.6 is 0 Å². The summed E-state index contributed by atoms with van der Waals surface area (Å²) in [5.41, 5.74) is 1.05. The predicted octanol–water partition coefficient (Wildman–Crippen LogP) is 2.72. The predicted molar refractivity (Wildman–Crippen MR) is 59.6 cm³/mol. The van der Waals surface area contributed by atoms with Gasteiger partial charge in [-0.1, -0.05) is 19.4 Å². The fourth-order valence-corrected chi connectivity index (χ4v) is 1.35. The average Bonchev–Trinajstić information content (AvgIpc) is 2.26. The molecule has 0 bridgehead atoms. The Labute approximate surface area is 90.4 Å². The third-order valence-electron chi connectivity index (χ3n) is 2.25. The summed E-state index contributed by atoms with van der Waals surface area (Å²) in [6, 6.07) is 4.95. The maximum atomic E-state index is 13.1. The average molecular weight is 211 g/mol. The first-order valence-corrected chi connectivity index (χ1v) is 5.31. The van der Waals surface area contributed by atoms with E-state index >= 15 is 0 Å². The van der Waals surface area contributed by atoms with E-state index in [9.17, 15) is 4.39 Å². The number of hydrogen-bond donors (Lipinski definition) is 1. The van der Waals surface area contributed by atoms with Crippen molar-refractivity contribution < 1.29 is 9.13 Å². The van der Waals surface area contributed by atoms with Crippen molar-refractivity contribution in [2.24, 2.45) is 0 Å². The highest BCUT2D eigenvalue weighted by Crippen LogP contribution is 2.17. The minimum Gasteiger partial charge on any atom is -0.494 e. The molecule has 1 N–H and O–H groups in total. The largest absolute Gasteiger partial charge is 0.494 e. The molecule has 0 fully saturated rings. The Morgan fingerprint density at radius 1 is 1.40 bits per heavy atom. The van der Waals surface area contributed by atoms with Crippen molar-refractivity contribution in [2.75, 3.05) is 13.7 Å². The summed E-state index contributed by atoms with van der Waals surface area (Å²) in [5, 5.41) is 3.30. The Bertz CT molecular complexity index is 302. The highest BCUT2D eigenvalue weighted by Gasteiger charge is 2.02. The molecule has 84 valence electrons. The number of ether oxygens (including phenoxy) is 1. The molecule has 1 aromatic carbocycles. The fraction of sp³-hybridized carbons (Fsp3) is 0.500. The third-order valence-corrected chi connectivity index (χ3v) is 2.25. The molecule has 0 aliphatic rings. The summed E-state index contributed by atoms with van der Waals surface area (Å²) in [4.78, 5) is 0. The van der Waals surface area contributed by atoms with Crippen molar-refractivity contribution in [3.63, 3.8) is 0 Å². The second kappa shape index (κ2) is 6.40. The maximum absolute atomic E-state index is 13.1. The van der Waals surface area contributed by atoms with Crippen LogP contribution in [0.5, 0.6) is 5.75 Å². The van der Waals surface area contributed by atoms with E-state index in [0.717, 1.165) is 18.7 Å². The van der Waals surface area contributed by atoms with E-state index < -0.39 is 0 Å². The molecule has 0 spiro atoms. The zero-order valence-corrected chi connectivity index (χ0v) is 9.35. The molecule has 3 heteroatoms. The highest BCUT2D eigenvalue weighted by atomic mass is 19.1. The molecule has 1 aromatic rings. The van der Waals surface area contributed by atoms with E-state index in [1.165, 1.54) is 26.0 Å². The lowest BCUT2D eigenvalue weighted by molar-refractivity contribution is 0.385. The summed E-state index contributed by atoms with van der Waals surface area (Å²) in [6.45, 7) is 3.91. The summed E-state index contributed by atoms with van der Waals surface area (Å²) in [5.74, 6) is -0.000371. The first kappa shape index (κ1) is 12.0. The van der Waals surface area contributed by atoms with Crippen molar-refractivity contribution in [3.05, 3.63) is 29.6 Å². The molecule has 0 heterocycles. The molecule has 1 rings (SSSR count). The van der Waals surface area contributed by atoms with Crippen LogP contribution in [0.4, 0.5) is 4.39 Å². The second-order valence-electron chi connectivity index (χ2n) is 3.50. The Kier molecular flexibility index (Phi) is 5.12. The molecule has 15 heavy (non-hydrogen) atoms. The van der Waals surface area contributed by atoms with Crippen molar-refractivity contribution in [3.8, 4) is 5.75 Å². The number of hydrogen-bond acceptors (Lipinski definition) is 2. The summed E-state index contributed by atoms with van der Waals surface area (Å²) < 4.78 is 18.0. The first-order valence-electron chi connectivity index (χ1n) is 5.31. The van der Waals surface area contributed by atoms with Crippen LogP contribution in [-0.4, -0.2) is 13.7 Å². The van der Waals surface area contributed by atoms with E-state index in [4.69, 9.17) is 4.74 Å². The van der Waals surface area contributed by atoms with Crippen LogP contribution in [-0.2, 0) is 6.54 Å². The van der Waals surface area contributed by atoms with E-state index in [0.29, 0.717) is 5.75 Å². The van der Waals surface area contributed by atoms with Gasteiger partial charge in [0.15, 0.2) is 11.6 Å². The Balaban J connectivity index is 2.47. The van der Waals surface area contributed by atoms with Crippen molar-refractivity contribution >= 4 is 0 Å². The first-order chi connectivity index (χ1) is 7.27. The lowest BCUT2D eigenvalue weighted by Gasteiger charge is -2.06. The van der Waals surface area contributed by atoms with Gasteiger partial charge in [-0.05, 0) is 30.7 Å². The molecule has 0 saturated carbocycles. The molecular formula is C12H18FNO. The minimum atomic E-state index is -0.310. The summed E-state index contributed by atoms with van der Waals surface area (Å²) >= 11 is 0. The zero-order valence-electron chi connectivity index (χ0n) is 9.35. The number of nitrogens with one attached hydrogen (secondary N) is 1. The van der Waals surface area contributed by atoms with Gasteiger partial charge in [0.05, 0.1) is 7.11 Å². The van der Waals surface area contributed by atoms with Gasteiger partial charge in [-0.15, -0.1) is 0 Å². The van der Waals surface area contributed by atoms with Crippen LogP contribution < -0.4 is 10.1 Å². The molecule has 0 aliphatic heterocycles. The Morgan fingerprint density at radius 2 is 2.20 bits per heavy atom. The zero-order chi connectivity index (χ0) is 11.1. The van der Waals surface area contributed by atoms with Crippen LogP contribution in [0.15, 0.2) is 18.2 Å². The molecule has 0 saturated heterocycles. The summed E-state index contributed by atoms with van der Waals surface area (Å²) in [6.07, 6.45) is 2.35. The number of rotatable bonds is 6. The minimum absolute atomic E-state index is 0.310. The molecule has 0 unspecified atom stereocenters. The second-order valence-corrected chi connectivity index (χ2v) is 3.50. The molecule has 0 atom stereocenters. The highest BCUT2D eigenvalue weighted by molar-refractivity contribution is 5.30. The lowest BCUT2D eigenvalue weighted by atomic mass is 10.2. The summed E-state index contributed by atoms with van der Waals surface area (Å²) in [7, 11) is 1.48. The van der Waals surface area contributed by atoms with Gasteiger partial charge in [0.2, 0.25) is 0 Å². The normalized spacial score (nSPS) is 10.3. The van der Waals surface area contributed by atoms with Gasteiger partial charge in [-0.2, -0.15) is 0 Å². The van der Waals surface area contributed by atoms with Gasteiger partial charge in [0.1, 0.15) is 0 Å². The van der Waals surface area contributed by atoms with Crippen LogP contribution in [0.2, 0.25) is 0 Å². The van der Waals surface area contributed by atoms with Gasteiger partial charge in [0, 0.05) is 6.54 Å². The van der Waals surface area contributed by atoms with Crippen LogP contribution in [0.1, 0.15) is 25.3 Å². The van der Waals surface area contributed by atoms with Crippen molar-refractivity contribution in [2.45, 2.75) is 26.3 Å². The van der Waals surface area contributed by atoms with Crippen molar-refractivity contribution in [1.82, 2.24) is 5.32 Å². The van der Waals surface area contributed by atoms with Crippen molar-refractivity contribution in [1.29, 1.82) is 0 Å². The van der Waals surface area contributed by atoms with Gasteiger partial charge >= 0.3 is 0 Å². The number of benzene rings is 1. The number of unbranched alkanes of at least 4 members (excludes halogenated alkanes) is 1. The van der Waals surface area contributed by atoms with Gasteiger partial charge < -0.3 is 10.1 Å². The maximum Gasteiger partial charge on any atom is 0.165 e. The van der Waals surface area contributed by atoms with E-state index in [2.05, 4.69) is 12.2 Å². The topological polar surface area (TPSA) is 21.3 Å². The SMILES string of the molecule is CCCCNCc1ccc(F)c(OC)c1. The molecular weight excluding hydrogens is 193 g/mol. The molecule has 2 nitrogen and oxygen atoms in total. The van der Waals surface area contributed by atoms with Gasteiger partial charge in [0.25, 0.3) is 0 Å². The Morgan fingerprint density at radius 3 is 2.87 bits per heavy atom. The fourth-order valence-electron chi connectivity index (χ4n) is 1.35. The van der Waals surface area contributed by atoms with E-state index in [1.54, 1.807) is 12.1 Å². The molecule has 0 aliphatic carbocycles. The standard InChI is InChI=1S/C12H18FNO/c1-3-4-7-14-9-10-5-6-11(13)12(8-10)15-2/h5-6,8,14H,3-4,7,9H2,1-2H3. The van der Waals surface area contributed by atoms with E-state index in [-0.39, 0.29) is 5.82 Å². The van der Waals surface area contributed by atoms with Crippen LogP contribution in [0, 0.1) is 5.82 Å². The molecule has 0 aromatic heterocycles. The van der Waals surface area contributed by atoms with Crippen LogP contribution in [0.3, 0.4) is 0 Å². The smallest absolute Gasteiger partial charge is 0.165 e. The van der Waals surface area contributed by atoms with Gasteiger partial charge in [-0.25, -0.2) is 4.39 Å². The third kappa shape index (κ3) is 3.88.